The van der Waals surface area contributed by atoms with Crippen molar-refractivity contribution < 1.29 is 0 Å². The molecule has 2 aromatic heterocycles. The van der Waals surface area contributed by atoms with Gasteiger partial charge in [0.2, 0.25) is 0 Å². The predicted octanol–water partition coefficient (Wildman–Crippen LogP) is 4.87. The third-order valence-electron chi connectivity index (χ3n) is 4.97. The summed E-state index contributed by atoms with van der Waals surface area (Å²) in [5.41, 5.74) is 4.99. The summed E-state index contributed by atoms with van der Waals surface area (Å²) in [5, 5.41) is 0. The van der Waals surface area contributed by atoms with E-state index in [-0.39, 0.29) is 0 Å². The highest BCUT2D eigenvalue weighted by molar-refractivity contribution is 9.10. The molecule has 0 aliphatic carbocycles. The first-order valence-electron chi connectivity index (χ1n) is 8.80. The van der Waals surface area contributed by atoms with Crippen molar-refractivity contribution >= 4 is 15.9 Å². The maximum Gasteiger partial charge on any atom is 0.0410 e. The van der Waals surface area contributed by atoms with Gasteiger partial charge in [0.1, 0.15) is 0 Å². The Hall–Kier alpha value is -1.26. The number of piperidine rings is 1. The molecule has 1 fully saturated rings. The second-order valence-corrected chi connectivity index (χ2v) is 7.99. The first-order chi connectivity index (χ1) is 11.5. The van der Waals surface area contributed by atoms with E-state index in [9.17, 15) is 0 Å². The molecule has 1 saturated heterocycles. The summed E-state index contributed by atoms with van der Waals surface area (Å²) < 4.78 is 1.06. The average molecular weight is 388 g/mol. The van der Waals surface area contributed by atoms with Crippen molar-refractivity contribution in [1.82, 2.24) is 14.9 Å². The summed E-state index contributed by atoms with van der Waals surface area (Å²) in [6.07, 6.45) is 7.60. The average Bonchev–Trinajstić information content (AvgIpc) is 2.53. The second-order valence-electron chi connectivity index (χ2n) is 7.08. The van der Waals surface area contributed by atoms with Crippen molar-refractivity contribution in [2.75, 3.05) is 13.1 Å². The summed E-state index contributed by atoms with van der Waals surface area (Å²) in [6, 6.07) is 7.09. The van der Waals surface area contributed by atoms with Gasteiger partial charge in [-0.1, -0.05) is 0 Å². The van der Waals surface area contributed by atoms with Crippen LogP contribution in [0, 0.1) is 19.8 Å². The molecule has 0 bridgehead atoms. The lowest BCUT2D eigenvalue weighted by atomic mass is 9.90. The molecule has 1 aliphatic rings. The highest BCUT2D eigenvalue weighted by Gasteiger charge is 2.25. The van der Waals surface area contributed by atoms with Gasteiger partial charge in [0, 0.05) is 40.8 Å². The number of aryl methyl sites for hydroxylation is 2. The van der Waals surface area contributed by atoms with Gasteiger partial charge in [-0.25, -0.2) is 0 Å². The molecule has 2 aromatic rings. The molecular weight excluding hydrogens is 362 g/mol. The van der Waals surface area contributed by atoms with E-state index in [0.717, 1.165) is 34.7 Å². The van der Waals surface area contributed by atoms with Gasteiger partial charge >= 0.3 is 0 Å². The van der Waals surface area contributed by atoms with Crippen LogP contribution in [0.1, 0.15) is 48.3 Å². The zero-order valence-electron chi connectivity index (χ0n) is 14.8. The van der Waals surface area contributed by atoms with E-state index >= 15 is 0 Å². The lowest BCUT2D eigenvalue weighted by Gasteiger charge is -2.37. The molecule has 128 valence electrons. The van der Waals surface area contributed by atoms with E-state index in [1.807, 2.05) is 12.4 Å². The highest BCUT2D eigenvalue weighted by Crippen LogP contribution is 2.29. The molecule has 1 aliphatic heterocycles. The summed E-state index contributed by atoms with van der Waals surface area (Å²) in [6.45, 7) is 8.82. The summed E-state index contributed by atoms with van der Waals surface area (Å²) >= 11 is 3.54. The van der Waals surface area contributed by atoms with Crippen LogP contribution in [0.25, 0.3) is 0 Å². The fourth-order valence-corrected chi connectivity index (χ4v) is 4.24. The number of halogens is 1. The van der Waals surface area contributed by atoms with Crippen molar-refractivity contribution in [3.63, 3.8) is 0 Å². The second kappa shape index (κ2) is 7.75. The third kappa shape index (κ3) is 4.42. The lowest BCUT2D eigenvalue weighted by molar-refractivity contribution is 0.131. The van der Waals surface area contributed by atoms with Gasteiger partial charge in [-0.15, -0.1) is 0 Å². The zero-order valence-corrected chi connectivity index (χ0v) is 16.4. The smallest absolute Gasteiger partial charge is 0.0410 e. The van der Waals surface area contributed by atoms with Crippen molar-refractivity contribution in [2.24, 2.45) is 5.92 Å². The maximum absolute atomic E-state index is 4.50. The molecule has 2 atom stereocenters. The van der Waals surface area contributed by atoms with Crippen molar-refractivity contribution in [1.29, 1.82) is 0 Å². The fraction of sp³-hybridized carbons (Fsp3) is 0.500. The molecule has 4 heteroatoms. The van der Waals surface area contributed by atoms with E-state index in [4.69, 9.17) is 0 Å². The van der Waals surface area contributed by atoms with Crippen LogP contribution < -0.4 is 0 Å². The van der Waals surface area contributed by atoms with Gasteiger partial charge < -0.3 is 0 Å². The third-order valence-corrected chi connectivity index (χ3v) is 5.41. The van der Waals surface area contributed by atoms with Gasteiger partial charge in [0.05, 0.1) is 0 Å². The van der Waals surface area contributed by atoms with Crippen molar-refractivity contribution in [2.45, 2.75) is 46.1 Å². The molecule has 3 nitrogen and oxygen atoms in total. The van der Waals surface area contributed by atoms with E-state index < -0.39 is 0 Å². The molecule has 0 spiro atoms. The van der Waals surface area contributed by atoms with Gasteiger partial charge in [-0.05, 0) is 97.8 Å². The summed E-state index contributed by atoms with van der Waals surface area (Å²) in [5.74, 6) is 0.725. The Bertz CT molecular complexity index is 681. The number of aromatic nitrogens is 2. The Morgan fingerprint density at radius 1 is 1.21 bits per heavy atom. The standard InChI is InChI=1S/C20H26BrN3/c1-14-7-18(8-15(2)23-14)9-17-5-4-6-24(13-17)16(3)19-10-20(21)12-22-11-19/h7-8,10-12,16-17H,4-6,9,13H2,1-3H3/t16?,17-/m1/s1. The van der Waals surface area contributed by atoms with E-state index in [1.165, 1.54) is 30.5 Å². The van der Waals surface area contributed by atoms with Crippen LogP contribution >= 0.6 is 15.9 Å². The fourth-order valence-electron chi connectivity index (χ4n) is 3.86. The van der Waals surface area contributed by atoms with E-state index in [2.05, 4.69) is 69.8 Å². The molecule has 0 saturated carbocycles. The van der Waals surface area contributed by atoms with E-state index in [1.54, 1.807) is 0 Å². The van der Waals surface area contributed by atoms with Crippen LogP contribution in [0.3, 0.4) is 0 Å². The summed E-state index contributed by atoms with van der Waals surface area (Å²) in [4.78, 5) is 11.4. The van der Waals surface area contributed by atoms with Crippen LogP contribution in [0.5, 0.6) is 0 Å². The Kier molecular flexibility index (Phi) is 5.67. The maximum atomic E-state index is 4.50. The molecule has 0 radical (unpaired) electrons. The highest BCUT2D eigenvalue weighted by atomic mass is 79.9. The van der Waals surface area contributed by atoms with E-state index in [0.29, 0.717) is 6.04 Å². The number of likely N-dealkylation sites (tertiary alicyclic amines) is 1. The number of nitrogens with zero attached hydrogens (tertiary/aromatic N) is 3. The lowest BCUT2D eigenvalue weighted by Crippen LogP contribution is -2.38. The van der Waals surface area contributed by atoms with Crippen LogP contribution in [0.2, 0.25) is 0 Å². The largest absolute Gasteiger partial charge is 0.296 e. The Morgan fingerprint density at radius 3 is 2.67 bits per heavy atom. The molecular formula is C20H26BrN3. The molecule has 24 heavy (non-hydrogen) atoms. The first-order valence-corrected chi connectivity index (χ1v) is 9.59. The van der Waals surface area contributed by atoms with Gasteiger partial charge in [-0.3, -0.25) is 14.9 Å². The van der Waals surface area contributed by atoms with Crippen LogP contribution in [0.15, 0.2) is 35.1 Å². The number of rotatable bonds is 4. The van der Waals surface area contributed by atoms with Crippen molar-refractivity contribution in [3.05, 3.63) is 57.6 Å². The minimum atomic E-state index is 0.415. The molecule has 0 amide bonds. The van der Waals surface area contributed by atoms with Crippen LogP contribution in [0.4, 0.5) is 0 Å². The Morgan fingerprint density at radius 2 is 1.96 bits per heavy atom. The number of hydrogen-bond acceptors (Lipinski definition) is 3. The van der Waals surface area contributed by atoms with Gasteiger partial charge in [0.15, 0.2) is 0 Å². The topological polar surface area (TPSA) is 29.0 Å². The first kappa shape index (κ1) is 17.6. The minimum absolute atomic E-state index is 0.415. The quantitative estimate of drug-likeness (QED) is 0.748. The number of hydrogen-bond donors (Lipinski definition) is 0. The molecule has 0 N–H and O–H groups in total. The van der Waals surface area contributed by atoms with Crippen LogP contribution in [-0.4, -0.2) is 28.0 Å². The van der Waals surface area contributed by atoms with Crippen molar-refractivity contribution in [3.8, 4) is 0 Å². The SMILES string of the molecule is Cc1cc(C[C@H]2CCCN(C(C)c3cncc(Br)c3)C2)cc(C)n1. The normalized spacial score (nSPS) is 20.1. The number of pyridine rings is 2. The predicted molar refractivity (Wildman–Crippen MR) is 102 cm³/mol. The van der Waals surface area contributed by atoms with Gasteiger partial charge in [0.25, 0.3) is 0 Å². The Labute approximate surface area is 153 Å². The Balaban J connectivity index is 1.67. The summed E-state index contributed by atoms with van der Waals surface area (Å²) in [7, 11) is 0. The molecule has 3 rings (SSSR count). The molecule has 3 heterocycles. The van der Waals surface area contributed by atoms with Crippen LogP contribution in [-0.2, 0) is 6.42 Å². The monoisotopic (exact) mass is 387 g/mol. The molecule has 1 unspecified atom stereocenters. The zero-order chi connectivity index (χ0) is 17.1. The minimum Gasteiger partial charge on any atom is -0.296 e. The molecule has 0 aromatic carbocycles. The van der Waals surface area contributed by atoms with Gasteiger partial charge in [-0.2, -0.15) is 0 Å².